The highest BCUT2D eigenvalue weighted by Crippen LogP contribution is 2.28. The molecule has 0 bridgehead atoms. The van der Waals surface area contributed by atoms with Gasteiger partial charge in [-0.3, -0.25) is 9.20 Å². The van der Waals surface area contributed by atoms with Crippen molar-refractivity contribution in [2.75, 3.05) is 17.7 Å². The monoisotopic (exact) mass is 396 g/mol. The molecule has 152 valence electrons. The summed E-state index contributed by atoms with van der Waals surface area (Å²) in [6.07, 6.45) is 1.87. The van der Waals surface area contributed by atoms with Gasteiger partial charge in [-0.1, -0.05) is 19.9 Å². The number of rotatable bonds is 6. The number of fused-ring (bicyclic) bond motifs is 1. The maximum absolute atomic E-state index is 12.6. The fraction of sp³-hybridized carbons (Fsp3) is 0.300. The number of nitrogens with one attached hydrogen (secondary N) is 3. The lowest BCUT2D eigenvalue weighted by molar-refractivity contribution is -0.114. The van der Waals surface area contributed by atoms with Gasteiger partial charge < -0.3 is 20.7 Å². The van der Waals surface area contributed by atoms with E-state index in [4.69, 9.17) is 4.74 Å². The standard InChI is InChI=1S/C20H24N6O3/c1-12(2)18(19-25-24-17-7-5-6-10-26(17)19)23-20(28)22-14-8-9-15(21-13(3)27)16(11-14)29-4/h5-12,18H,1-4H3,(H,21,27)(H2,22,23,28). The number of amides is 3. The van der Waals surface area contributed by atoms with Crippen molar-refractivity contribution in [2.24, 2.45) is 5.92 Å². The van der Waals surface area contributed by atoms with Crippen LogP contribution < -0.4 is 20.7 Å². The molecule has 0 spiro atoms. The van der Waals surface area contributed by atoms with E-state index in [2.05, 4.69) is 26.1 Å². The van der Waals surface area contributed by atoms with Crippen LogP contribution in [0.25, 0.3) is 5.65 Å². The van der Waals surface area contributed by atoms with E-state index in [9.17, 15) is 9.59 Å². The van der Waals surface area contributed by atoms with Crippen LogP contribution in [-0.2, 0) is 4.79 Å². The van der Waals surface area contributed by atoms with Crippen molar-refractivity contribution < 1.29 is 14.3 Å². The van der Waals surface area contributed by atoms with Gasteiger partial charge in [0.15, 0.2) is 11.5 Å². The molecular weight excluding hydrogens is 372 g/mol. The Balaban J connectivity index is 1.77. The molecular formula is C20H24N6O3. The SMILES string of the molecule is COc1cc(NC(=O)NC(c2nnc3ccccn23)C(C)C)ccc1NC(C)=O. The fourth-order valence-corrected chi connectivity index (χ4v) is 2.97. The highest BCUT2D eigenvalue weighted by molar-refractivity contribution is 5.93. The number of hydrogen-bond acceptors (Lipinski definition) is 5. The Kier molecular flexibility index (Phi) is 5.96. The first-order valence-electron chi connectivity index (χ1n) is 9.22. The first-order valence-corrected chi connectivity index (χ1v) is 9.22. The number of aromatic nitrogens is 3. The number of ether oxygens (including phenoxy) is 1. The number of pyridine rings is 1. The highest BCUT2D eigenvalue weighted by atomic mass is 16.5. The molecule has 0 saturated heterocycles. The summed E-state index contributed by atoms with van der Waals surface area (Å²) < 4.78 is 7.14. The van der Waals surface area contributed by atoms with E-state index in [-0.39, 0.29) is 23.9 Å². The summed E-state index contributed by atoms with van der Waals surface area (Å²) in [4.78, 5) is 23.9. The van der Waals surface area contributed by atoms with Crippen LogP contribution >= 0.6 is 0 Å². The first-order chi connectivity index (χ1) is 13.9. The molecule has 3 amide bonds. The molecule has 3 aromatic rings. The molecule has 29 heavy (non-hydrogen) atoms. The molecule has 1 aromatic carbocycles. The maximum atomic E-state index is 12.6. The summed E-state index contributed by atoms with van der Waals surface area (Å²) in [7, 11) is 1.50. The number of methoxy groups -OCH3 is 1. The van der Waals surface area contributed by atoms with Gasteiger partial charge in [0.1, 0.15) is 5.75 Å². The minimum atomic E-state index is -0.384. The van der Waals surface area contributed by atoms with Gasteiger partial charge in [-0.25, -0.2) is 4.79 Å². The molecule has 9 nitrogen and oxygen atoms in total. The van der Waals surface area contributed by atoms with E-state index in [1.54, 1.807) is 18.2 Å². The first kappa shape index (κ1) is 20.1. The molecule has 3 rings (SSSR count). The minimum Gasteiger partial charge on any atom is -0.494 e. The van der Waals surface area contributed by atoms with Crippen molar-refractivity contribution in [3.8, 4) is 5.75 Å². The Bertz CT molecular complexity index is 1030. The Labute approximate surface area is 168 Å². The van der Waals surface area contributed by atoms with Crippen molar-refractivity contribution in [1.82, 2.24) is 19.9 Å². The minimum absolute atomic E-state index is 0.0880. The Morgan fingerprint density at radius 3 is 2.59 bits per heavy atom. The highest BCUT2D eigenvalue weighted by Gasteiger charge is 2.23. The molecule has 0 fully saturated rings. The number of anilines is 2. The van der Waals surface area contributed by atoms with Crippen LogP contribution in [0.5, 0.6) is 5.75 Å². The second-order valence-corrected chi connectivity index (χ2v) is 6.90. The van der Waals surface area contributed by atoms with E-state index in [1.165, 1.54) is 14.0 Å². The predicted octanol–water partition coefficient (Wildman–Crippen LogP) is 3.22. The molecule has 2 heterocycles. The number of benzene rings is 1. The predicted molar refractivity (Wildman–Crippen MR) is 110 cm³/mol. The summed E-state index contributed by atoms with van der Waals surface area (Å²) in [5, 5.41) is 16.8. The van der Waals surface area contributed by atoms with Crippen LogP contribution in [0.15, 0.2) is 42.6 Å². The lowest BCUT2D eigenvalue weighted by atomic mass is 10.0. The smallest absolute Gasteiger partial charge is 0.319 e. The van der Waals surface area contributed by atoms with Crippen LogP contribution in [0.1, 0.15) is 32.6 Å². The second kappa shape index (κ2) is 8.59. The molecule has 1 atom stereocenters. The molecule has 2 aromatic heterocycles. The number of nitrogens with zero attached hydrogens (tertiary/aromatic N) is 3. The number of carbonyl (C=O) groups excluding carboxylic acids is 2. The largest absolute Gasteiger partial charge is 0.494 e. The number of hydrogen-bond donors (Lipinski definition) is 3. The third-order valence-electron chi connectivity index (χ3n) is 4.34. The molecule has 3 N–H and O–H groups in total. The van der Waals surface area contributed by atoms with E-state index in [0.717, 1.165) is 0 Å². The van der Waals surface area contributed by atoms with Gasteiger partial charge >= 0.3 is 6.03 Å². The van der Waals surface area contributed by atoms with E-state index in [1.807, 2.05) is 42.6 Å². The van der Waals surface area contributed by atoms with Crippen molar-refractivity contribution in [3.05, 3.63) is 48.4 Å². The fourth-order valence-electron chi connectivity index (χ4n) is 2.97. The summed E-state index contributed by atoms with van der Waals surface area (Å²) in [5.74, 6) is 0.985. The quantitative estimate of drug-likeness (QED) is 0.593. The Morgan fingerprint density at radius 1 is 1.10 bits per heavy atom. The molecule has 0 saturated carbocycles. The van der Waals surface area contributed by atoms with Crippen molar-refractivity contribution in [3.63, 3.8) is 0 Å². The summed E-state index contributed by atoms with van der Waals surface area (Å²) in [6.45, 7) is 5.42. The third-order valence-corrected chi connectivity index (χ3v) is 4.34. The Hall–Kier alpha value is -3.62. The molecule has 9 heteroatoms. The lowest BCUT2D eigenvalue weighted by Crippen LogP contribution is -2.36. The zero-order valence-electron chi connectivity index (χ0n) is 16.8. The summed E-state index contributed by atoms with van der Waals surface area (Å²) in [5.41, 5.74) is 1.77. The van der Waals surface area contributed by atoms with Crippen LogP contribution in [0.3, 0.4) is 0 Å². The van der Waals surface area contributed by atoms with Crippen LogP contribution in [0.2, 0.25) is 0 Å². The number of urea groups is 1. The van der Waals surface area contributed by atoms with E-state index >= 15 is 0 Å². The van der Waals surface area contributed by atoms with Gasteiger partial charge in [0, 0.05) is 24.9 Å². The molecule has 1 unspecified atom stereocenters. The zero-order valence-corrected chi connectivity index (χ0v) is 16.8. The summed E-state index contributed by atoms with van der Waals surface area (Å²) >= 11 is 0. The second-order valence-electron chi connectivity index (χ2n) is 6.90. The molecule has 0 aliphatic heterocycles. The van der Waals surface area contributed by atoms with Crippen LogP contribution in [0, 0.1) is 5.92 Å². The average molecular weight is 396 g/mol. The van der Waals surface area contributed by atoms with Gasteiger partial charge in [0.05, 0.1) is 18.8 Å². The normalized spacial score (nSPS) is 11.9. The van der Waals surface area contributed by atoms with Gasteiger partial charge in [-0.2, -0.15) is 0 Å². The topological polar surface area (TPSA) is 110 Å². The average Bonchev–Trinajstić information content (AvgIpc) is 3.10. The van der Waals surface area contributed by atoms with E-state index < -0.39 is 0 Å². The maximum Gasteiger partial charge on any atom is 0.319 e. The van der Waals surface area contributed by atoms with Crippen LogP contribution in [0.4, 0.5) is 16.2 Å². The Morgan fingerprint density at radius 2 is 1.90 bits per heavy atom. The van der Waals surface area contributed by atoms with Gasteiger partial charge in [0.25, 0.3) is 0 Å². The molecule has 0 aliphatic carbocycles. The third kappa shape index (κ3) is 4.63. The number of carbonyl (C=O) groups is 2. The van der Waals surface area contributed by atoms with Crippen molar-refractivity contribution in [2.45, 2.75) is 26.8 Å². The van der Waals surface area contributed by atoms with Crippen molar-refractivity contribution >= 4 is 29.0 Å². The molecule has 0 radical (unpaired) electrons. The van der Waals surface area contributed by atoms with Crippen molar-refractivity contribution in [1.29, 1.82) is 0 Å². The van der Waals surface area contributed by atoms with Crippen LogP contribution in [-0.4, -0.2) is 33.6 Å². The zero-order chi connectivity index (χ0) is 21.0. The van der Waals surface area contributed by atoms with Gasteiger partial charge in [-0.05, 0) is 30.2 Å². The molecule has 0 aliphatic rings. The lowest BCUT2D eigenvalue weighted by Gasteiger charge is -2.21. The van der Waals surface area contributed by atoms with E-state index in [0.29, 0.717) is 28.6 Å². The van der Waals surface area contributed by atoms with Gasteiger partial charge in [0.2, 0.25) is 5.91 Å². The van der Waals surface area contributed by atoms with Gasteiger partial charge in [-0.15, -0.1) is 10.2 Å². The summed E-state index contributed by atoms with van der Waals surface area (Å²) in [6, 6.07) is 9.90.